The normalized spacial score (nSPS) is 17.5. The second kappa shape index (κ2) is 2.79. The van der Waals surface area contributed by atoms with E-state index in [1.807, 2.05) is 13.8 Å². The van der Waals surface area contributed by atoms with Gasteiger partial charge < -0.3 is 14.6 Å². The monoisotopic (exact) mass is 168 g/mol. The molecule has 1 aromatic heterocycles. The predicted molar refractivity (Wildman–Crippen MR) is 43.3 cm³/mol. The molecule has 1 N–H and O–H groups in total. The quantitative estimate of drug-likeness (QED) is 0.704. The number of aromatic nitrogens is 1. The van der Waals surface area contributed by atoms with E-state index in [1.54, 1.807) is 0 Å². The number of hydrogen-bond donors (Lipinski definition) is 1. The molecule has 0 radical (unpaired) electrons. The molecule has 0 aromatic carbocycles. The number of nitrogens with one attached hydrogen (secondary N) is 1. The van der Waals surface area contributed by atoms with E-state index in [9.17, 15) is 0 Å². The van der Waals surface area contributed by atoms with Crippen LogP contribution in [0, 0.1) is 13.8 Å². The van der Waals surface area contributed by atoms with Gasteiger partial charge in [-0.3, -0.25) is 0 Å². The third-order valence-electron chi connectivity index (χ3n) is 2.00. The Morgan fingerprint density at radius 1 is 1.50 bits per heavy atom. The van der Waals surface area contributed by atoms with Gasteiger partial charge in [-0.2, -0.15) is 0 Å². The maximum absolute atomic E-state index is 5.63. The van der Waals surface area contributed by atoms with Gasteiger partial charge in [0.05, 0.1) is 0 Å². The SMILES string of the molecule is Cc1noc(C)c1OC1CNC1. The van der Waals surface area contributed by atoms with Crippen molar-refractivity contribution < 1.29 is 9.26 Å². The van der Waals surface area contributed by atoms with Gasteiger partial charge in [0.2, 0.25) is 0 Å². The summed E-state index contributed by atoms with van der Waals surface area (Å²) in [6, 6.07) is 0. The molecule has 4 nitrogen and oxygen atoms in total. The van der Waals surface area contributed by atoms with Crippen molar-refractivity contribution >= 4 is 0 Å². The summed E-state index contributed by atoms with van der Waals surface area (Å²) in [7, 11) is 0. The second-order valence-corrected chi connectivity index (χ2v) is 3.05. The molecule has 2 rings (SSSR count). The lowest BCUT2D eigenvalue weighted by atomic mass is 10.2. The van der Waals surface area contributed by atoms with Crippen molar-refractivity contribution in [3.63, 3.8) is 0 Å². The Bertz CT molecular complexity index is 259. The Labute approximate surface area is 70.9 Å². The fourth-order valence-electron chi connectivity index (χ4n) is 1.16. The van der Waals surface area contributed by atoms with Gasteiger partial charge in [0.15, 0.2) is 11.5 Å². The van der Waals surface area contributed by atoms with Crippen LogP contribution >= 0.6 is 0 Å². The van der Waals surface area contributed by atoms with E-state index in [0.717, 1.165) is 30.3 Å². The van der Waals surface area contributed by atoms with Gasteiger partial charge in [-0.1, -0.05) is 5.16 Å². The van der Waals surface area contributed by atoms with E-state index < -0.39 is 0 Å². The molecule has 1 aromatic rings. The minimum atomic E-state index is 0.293. The van der Waals surface area contributed by atoms with Crippen LogP contribution in [0.4, 0.5) is 0 Å². The lowest BCUT2D eigenvalue weighted by Crippen LogP contribution is -2.50. The Kier molecular flexibility index (Phi) is 1.77. The van der Waals surface area contributed by atoms with Gasteiger partial charge in [-0.05, 0) is 6.92 Å². The highest BCUT2D eigenvalue weighted by molar-refractivity contribution is 5.28. The molecular formula is C8H12N2O2. The van der Waals surface area contributed by atoms with Crippen LogP contribution < -0.4 is 10.1 Å². The molecule has 0 amide bonds. The summed E-state index contributed by atoms with van der Waals surface area (Å²) in [6.45, 7) is 5.59. The minimum absolute atomic E-state index is 0.293. The van der Waals surface area contributed by atoms with Crippen molar-refractivity contribution in [2.75, 3.05) is 13.1 Å². The van der Waals surface area contributed by atoms with Gasteiger partial charge >= 0.3 is 0 Å². The molecule has 1 saturated heterocycles. The van der Waals surface area contributed by atoms with Gasteiger partial charge in [-0.25, -0.2) is 0 Å². The highest BCUT2D eigenvalue weighted by atomic mass is 16.5. The van der Waals surface area contributed by atoms with Crippen LogP contribution in [0.5, 0.6) is 5.75 Å². The van der Waals surface area contributed by atoms with Crippen LogP contribution in [-0.4, -0.2) is 24.4 Å². The first-order valence-electron chi connectivity index (χ1n) is 4.07. The average Bonchev–Trinajstić information content (AvgIpc) is 2.25. The van der Waals surface area contributed by atoms with Crippen molar-refractivity contribution in [2.45, 2.75) is 20.0 Å². The molecule has 0 spiro atoms. The first-order valence-corrected chi connectivity index (χ1v) is 4.07. The van der Waals surface area contributed by atoms with E-state index in [-0.39, 0.29) is 0 Å². The van der Waals surface area contributed by atoms with Crippen LogP contribution in [0.25, 0.3) is 0 Å². The standard InChI is InChI=1S/C8H12N2O2/c1-5-8(6(2)12-10-5)11-7-3-9-4-7/h7,9H,3-4H2,1-2H3. The Balaban J connectivity index is 2.10. The topological polar surface area (TPSA) is 47.3 Å². The minimum Gasteiger partial charge on any atom is -0.482 e. The van der Waals surface area contributed by atoms with Crippen LogP contribution in [0.1, 0.15) is 11.5 Å². The lowest BCUT2D eigenvalue weighted by molar-refractivity contribution is 0.139. The highest BCUT2D eigenvalue weighted by Crippen LogP contribution is 2.23. The Morgan fingerprint density at radius 2 is 2.25 bits per heavy atom. The van der Waals surface area contributed by atoms with Crippen molar-refractivity contribution in [1.82, 2.24) is 10.5 Å². The van der Waals surface area contributed by atoms with Crippen molar-refractivity contribution in [2.24, 2.45) is 0 Å². The lowest BCUT2D eigenvalue weighted by Gasteiger charge is -2.27. The molecule has 0 aliphatic carbocycles. The molecule has 1 fully saturated rings. The molecule has 66 valence electrons. The molecule has 0 bridgehead atoms. The van der Waals surface area contributed by atoms with E-state index in [2.05, 4.69) is 10.5 Å². The maximum Gasteiger partial charge on any atom is 0.185 e. The van der Waals surface area contributed by atoms with Crippen LogP contribution in [-0.2, 0) is 0 Å². The van der Waals surface area contributed by atoms with Crippen molar-refractivity contribution in [3.05, 3.63) is 11.5 Å². The van der Waals surface area contributed by atoms with E-state index in [0.29, 0.717) is 6.10 Å². The number of nitrogens with zero attached hydrogens (tertiary/aromatic N) is 1. The number of rotatable bonds is 2. The molecule has 0 saturated carbocycles. The van der Waals surface area contributed by atoms with Gasteiger partial charge in [0, 0.05) is 20.0 Å². The van der Waals surface area contributed by atoms with E-state index in [1.165, 1.54) is 0 Å². The molecule has 1 aliphatic rings. The Hall–Kier alpha value is -1.03. The maximum atomic E-state index is 5.63. The number of ether oxygens (including phenoxy) is 1. The van der Waals surface area contributed by atoms with E-state index >= 15 is 0 Å². The van der Waals surface area contributed by atoms with Gasteiger partial charge in [0.1, 0.15) is 11.8 Å². The number of hydrogen-bond acceptors (Lipinski definition) is 4. The van der Waals surface area contributed by atoms with E-state index in [4.69, 9.17) is 9.26 Å². The van der Waals surface area contributed by atoms with Crippen molar-refractivity contribution in [3.8, 4) is 5.75 Å². The summed E-state index contributed by atoms with van der Waals surface area (Å²) in [5.41, 5.74) is 0.833. The first kappa shape index (κ1) is 7.61. The Morgan fingerprint density at radius 3 is 2.67 bits per heavy atom. The largest absolute Gasteiger partial charge is 0.482 e. The molecule has 2 heterocycles. The first-order chi connectivity index (χ1) is 5.77. The van der Waals surface area contributed by atoms with Crippen LogP contribution in [0.3, 0.4) is 0 Å². The summed E-state index contributed by atoms with van der Waals surface area (Å²) in [5.74, 6) is 1.57. The predicted octanol–water partition coefficient (Wildman–Crippen LogP) is 0.642. The zero-order chi connectivity index (χ0) is 8.55. The number of aryl methyl sites for hydroxylation is 2. The third-order valence-corrected chi connectivity index (χ3v) is 2.00. The summed E-state index contributed by atoms with van der Waals surface area (Å²) >= 11 is 0. The molecule has 12 heavy (non-hydrogen) atoms. The highest BCUT2D eigenvalue weighted by Gasteiger charge is 2.21. The fraction of sp³-hybridized carbons (Fsp3) is 0.625. The van der Waals surface area contributed by atoms with Gasteiger partial charge in [0.25, 0.3) is 0 Å². The third kappa shape index (κ3) is 1.18. The van der Waals surface area contributed by atoms with Gasteiger partial charge in [-0.15, -0.1) is 0 Å². The molecule has 0 unspecified atom stereocenters. The smallest absolute Gasteiger partial charge is 0.185 e. The molecule has 0 atom stereocenters. The molecular weight excluding hydrogens is 156 g/mol. The zero-order valence-electron chi connectivity index (χ0n) is 7.26. The molecule has 4 heteroatoms. The molecule has 1 aliphatic heterocycles. The summed E-state index contributed by atoms with van der Waals surface area (Å²) in [5, 5.41) is 6.94. The zero-order valence-corrected chi connectivity index (χ0v) is 7.26. The fourth-order valence-corrected chi connectivity index (χ4v) is 1.16. The summed E-state index contributed by atoms with van der Waals surface area (Å²) in [6.07, 6.45) is 0.293. The second-order valence-electron chi connectivity index (χ2n) is 3.05. The van der Waals surface area contributed by atoms with Crippen LogP contribution in [0.2, 0.25) is 0 Å². The summed E-state index contributed by atoms with van der Waals surface area (Å²) in [4.78, 5) is 0. The van der Waals surface area contributed by atoms with Crippen molar-refractivity contribution in [1.29, 1.82) is 0 Å². The summed E-state index contributed by atoms with van der Waals surface area (Å²) < 4.78 is 10.6. The van der Waals surface area contributed by atoms with Crippen LogP contribution in [0.15, 0.2) is 4.52 Å². The average molecular weight is 168 g/mol.